The van der Waals surface area contributed by atoms with Gasteiger partial charge in [-0.1, -0.05) is 6.07 Å². The molecule has 3 aromatic rings. The van der Waals surface area contributed by atoms with Crippen LogP contribution in [0.1, 0.15) is 11.4 Å². The molecular weight excluding hydrogens is 210 g/mol. The third-order valence-electron chi connectivity index (χ3n) is 3.06. The number of pyridine rings is 2. The van der Waals surface area contributed by atoms with E-state index in [0.717, 1.165) is 16.9 Å². The second-order valence-corrected chi connectivity index (χ2v) is 4.18. The Morgan fingerprint density at radius 2 is 2.00 bits per heavy atom. The summed E-state index contributed by atoms with van der Waals surface area (Å²) in [4.78, 5) is 11.9. The highest BCUT2D eigenvalue weighted by atomic mass is 14.8. The van der Waals surface area contributed by atoms with Crippen LogP contribution in [0, 0.1) is 13.8 Å². The first-order valence-corrected chi connectivity index (χ1v) is 5.61. The number of nitrogens with zero attached hydrogens (tertiary/aromatic N) is 2. The first kappa shape index (κ1) is 10.0. The van der Waals surface area contributed by atoms with Crippen LogP contribution in [0.4, 0.5) is 0 Å². The molecule has 1 N–H and O–H groups in total. The standard InChI is InChI=1S/C14H13N3/c1-9-11(4-3-6-16-9)14-10(2)17-13-8-15-7-5-12(13)14/h3-8,17H,1-2H3. The average molecular weight is 223 g/mol. The summed E-state index contributed by atoms with van der Waals surface area (Å²) >= 11 is 0. The lowest BCUT2D eigenvalue weighted by atomic mass is 10.0. The lowest BCUT2D eigenvalue weighted by Crippen LogP contribution is -1.87. The number of hydrogen-bond donors (Lipinski definition) is 1. The van der Waals surface area contributed by atoms with Gasteiger partial charge in [-0.15, -0.1) is 0 Å². The van der Waals surface area contributed by atoms with Crippen LogP contribution in [-0.2, 0) is 0 Å². The fourth-order valence-electron chi connectivity index (χ4n) is 2.27. The van der Waals surface area contributed by atoms with Crippen molar-refractivity contribution in [3.8, 4) is 11.1 Å². The quantitative estimate of drug-likeness (QED) is 0.688. The van der Waals surface area contributed by atoms with Gasteiger partial charge in [0, 0.05) is 40.3 Å². The van der Waals surface area contributed by atoms with Crippen molar-refractivity contribution >= 4 is 10.9 Å². The normalized spacial score (nSPS) is 10.9. The average Bonchev–Trinajstić information content (AvgIpc) is 2.66. The smallest absolute Gasteiger partial charge is 0.0648 e. The maximum atomic E-state index is 4.35. The molecule has 0 saturated heterocycles. The number of aryl methyl sites for hydroxylation is 2. The topological polar surface area (TPSA) is 41.6 Å². The number of nitrogens with one attached hydrogen (secondary N) is 1. The number of H-pyrrole nitrogens is 1. The summed E-state index contributed by atoms with van der Waals surface area (Å²) in [5, 5.41) is 1.20. The molecule has 3 heteroatoms. The highest BCUT2D eigenvalue weighted by Crippen LogP contribution is 2.32. The number of aromatic nitrogens is 3. The third-order valence-corrected chi connectivity index (χ3v) is 3.06. The van der Waals surface area contributed by atoms with Crippen LogP contribution in [0.15, 0.2) is 36.8 Å². The van der Waals surface area contributed by atoms with Gasteiger partial charge in [0.15, 0.2) is 0 Å². The third kappa shape index (κ3) is 1.51. The zero-order chi connectivity index (χ0) is 11.8. The van der Waals surface area contributed by atoms with Gasteiger partial charge in [-0.05, 0) is 26.0 Å². The molecule has 0 unspecified atom stereocenters. The van der Waals surface area contributed by atoms with Gasteiger partial charge in [0.05, 0.1) is 11.7 Å². The first-order chi connectivity index (χ1) is 8.27. The Morgan fingerprint density at radius 3 is 2.82 bits per heavy atom. The molecule has 0 radical (unpaired) electrons. The molecule has 17 heavy (non-hydrogen) atoms. The van der Waals surface area contributed by atoms with Crippen molar-refractivity contribution in [3.63, 3.8) is 0 Å². The van der Waals surface area contributed by atoms with E-state index in [2.05, 4.69) is 27.9 Å². The van der Waals surface area contributed by atoms with Crippen molar-refractivity contribution in [1.29, 1.82) is 0 Å². The molecule has 3 nitrogen and oxygen atoms in total. The lowest BCUT2D eigenvalue weighted by Gasteiger charge is -2.04. The minimum atomic E-state index is 1.05. The molecule has 0 aliphatic rings. The van der Waals surface area contributed by atoms with Gasteiger partial charge in [-0.2, -0.15) is 0 Å². The Labute approximate surface area is 99.5 Å². The summed E-state index contributed by atoms with van der Waals surface area (Å²) in [5.74, 6) is 0. The Morgan fingerprint density at radius 1 is 1.12 bits per heavy atom. The Bertz CT molecular complexity index is 683. The number of hydrogen-bond acceptors (Lipinski definition) is 2. The van der Waals surface area contributed by atoms with Crippen LogP contribution in [0.5, 0.6) is 0 Å². The first-order valence-electron chi connectivity index (χ1n) is 5.61. The molecule has 84 valence electrons. The van der Waals surface area contributed by atoms with E-state index in [1.807, 2.05) is 37.6 Å². The van der Waals surface area contributed by atoms with Crippen LogP contribution in [0.25, 0.3) is 22.0 Å². The van der Waals surface area contributed by atoms with E-state index in [1.165, 1.54) is 16.5 Å². The van der Waals surface area contributed by atoms with E-state index < -0.39 is 0 Å². The maximum absolute atomic E-state index is 4.35. The SMILES string of the molecule is Cc1ncccc1-c1c(C)[nH]c2cnccc12. The molecule has 0 aromatic carbocycles. The molecule has 0 aliphatic carbocycles. The molecule has 0 saturated carbocycles. The van der Waals surface area contributed by atoms with Crippen LogP contribution in [0.3, 0.4) is 0 Å². The largest absolute Gasteiger partial charge is 0.357 e. The fraction of sp³-hybridized carbons (Fsp3) is 0.143. The van der Waals surface area contributed by atoms with Crippen LogP contribution >= 0.6 is 0 Å². The van der Waals surface area contributed by atoms with E-state index in [9.17, 15) is 0 Å². The second-order valence-electron chi connectivity index (χ2n) is 4.18. The predicted octanol–water partition coefficient (Wildman–Crippen LogP) is 3.24. The Balaban J connectivity index is 2.38. The molecule has 0 atom stereocenters. The molecule has 0 amide bonds. The van der Waals surface area contributed by atoms with Crippen molar-refractivity contribution in [1.82, 2.24) is 15.0 Å². The van der Waals surface area contributed by atoms with Crippen molar-refractivity contribution < 1.29 is 0 Å². The van der Waals surface area contributed by atoms with Gasteiger partial charge < -0.3 is 4.98 Å². The summed E-state index contributed by atoms with van der Waals surface area (Å²) in [7, 11) is 0. The van der Waals surface area contributed by atoms with Crippen molar-refractivity contribution in [2.75, 3.05) is 0 Å². The molecule has 0 bridgehead atoms. The van der Waals surface area contributed by atoms with E-state index in [0.29, 0.717) is 0 Å². The summed E-state index contributed by atoms with van der Waals surface area (Å²) in [5.41, 5.74) is 5.69. The van der Waals surface area contributed by atoms with Crippen molar-refractivity contribution in [2.24, 2.45) is 0 Å². The monoisotopic (exact) mass is 223 g/mol. The molecule has 3 aromatic heterocycles. The zero-order valence-corrected chi connectivity index (χ0v) is 9.86. The van der Waals surface area contributed by atoms with Crippen LogP contribution in [0.2, 0.25) is 0 Å². The molecular formula is C14H13N3. The fourth-order valence-corrected chi connectivity index (χ4v) is 2.27. The number of aromatic amines is 1. The summed E-state index contributed by atoms with van der Waals surface area (Å²) in [6, 6.07) is 6.13. The highest BCUT2D eigenvalue weighted by molar-refractivity contribution is 5.97. The minimum absolute atomic E-state index is 1.05. The van der Waals surface area contributed by atoms with E-state index >= 15 is 0 Å². The van der Waals surface area contributed by atoms with E-state index in [1.54, 1.807) is 0 Å². The predicted molar refractivity (Wildman–Crippen MR) is 68.8 cm³/mol. The van der Waals surface area contributed by atoms with Gasteiger partial charge in [0.2, 0.25) is 0 Å². The van der Waals surface area contributed by atoms with Crippen molar-refractivity contribution in [2.45, 2.75) is 13.8 Å². The van der Waals surface area contributed by atoms with Gasteiger partial charge in [-0.25, -0.2) is 0 Å². The molecule has 0 aliphatic heterocycles. The van der Waals surface area contributed by atoms with Gasteiger partial charge in [0.25, 0.3) is 0 Å². The van der Waals surface area contributed by atoms with Crippen LogP contribution < -0.4 is 0 Å². The highest BCUT2D eigenvalue weighted by Gasteiger charge is 2.12. The number of fused-ring (bicyclic) bond motifs is 1. The second kappa shape index (κ2) is 3.70. The van der Waals surface area contributed by atoms with Gasteiger partial charge in [-0.3, -0.25) is 9.97 Å². The number of rotatable bonds is 1. The maximum Gasteiger partial charge on any atom is 0.0648 e. The Kier molecular flexibility index (Phi) is 2.18. The molecule has 0 spiro atoms. The minimum Gasteiger partial charge on any atom is -0.357 e. The zero-order valence-electron chi connectivity index (χ0n) is 9.86. The Hall–Kier alpha value is -2.16. The van der Waals surface area contributed by atoms with Crippen LogP contribution in [-0.4, -0.2) is 15.0 Å². The summed E-state index contributed by atoms with van der Waals surface area (Å²) < 4.78 is 0. The van der Waals surface area contributed by atoms with Crippen molar-refractivity contribution in [3.05, 3.63) is 48.2 Å². The van der Waals surface area contributed by atoms with Gasteiger partial charge >= 0.3 is 0 Å². The molecule has 0 fully saturated rings. The van der Waals surface area contributed by atoms with E-state index in [4.69, 9.17) is 0 Å². The summed E-state index contributed by atoms with van der Waals surface area (Å²) in [6.45, 7) is 4.12. The molecule has 3 heterocycles. The lowest BCUT2D eigenvalue weighted by molar-refractivity contribution is 1.20. The van der Waals surface area contributed by atoms with Gasteiger partial charge in [0.1, 0.15) is 0 Å². The van der Waals surface area contributed by atoms with E-state index in [-0.39, 0.29) is 0 Å². The molecule has 3 rings (SSSR count). The summed E-state index contributed by atoms with van der Waals surface area (Å²) in [6.07, 6.45) is 5.51.